The van der Waals surface area contributed by atoms with Crippen LogP contribution in [0.1, 0.15) is 26.7 Å². The highest BCUT2D eigenvalue weighted by molar-refractivity contribution is 5.99. The SMILES string of the molecule is CN1CCN(C(C)(C)/C=C(/C#N)C(=O)N2CCCC2Cn2nc(-c3ccc(Oc4ccccc4)cc3F)c3c(N)ncnc32)CC1. The highest BCUT2D eigenvalue weighted by Crippen LogP contribution is 2.35. The van der Waals surface area contributed by atoms with Gasteiger partial charge in [-0.25, -0.2) is 19.0 Å². The van der Waals surface area contributed by atoms with Crippen molar-refractivity contribution >= 4 is 22.8 Å². The standard InChI is InChI=1S/C34H38FN9O2/c1-34(2,42-16-14-41(3)15-17-42)19-23(20-36)33(45)43-13-7-8-24(43)21-44-32-29(31(37)38-22-39-32)30(40-44)27-12-11-26(18-28(27)35)46-25-9-5-4-6-10-25/h4-6,9-12,18-19,22,24H,7-8,13-17,21H2,1-3H3,(H2,37,38,39)/b23-19-. The second-order valence-electron chi connectivity index (χ2n) is 12.5. The monoisotopic (exact) mass is 623 g/mol. The Bertz CT molecular complexity index is 1810. The van der Waals surface area contributed by atoms with Gasteiger partial charge in [0.25, 0.3) is 5.91 Å². The Labute approximate surface area is 267 Å². The molecule has 1 unspecified atom stereocenters. The zero-order valence-electron chi connectivity index (χ0n) is 26.4. The van der Waals surface area contributed by atoms with Crippen LogP contribution in [0.2, 0.25) is 0 Å². The number of fused-ring (bicyclic) bond motifs is 1. The average Bonchev–Trinajstić information content (AvgIpc) is 3.66. The number of benzene rings is 2. The molecule has 0 bridgehead atoms. The number of ether oxygens (including phenoxy) is 1. The first kappa shape index (κ1) is 31.1. The molecule has 2 fully saturated rings. The van der Waals surface area contributed by atoms with Gasteiger partial charge in [-0.1, -0.05) is 18.2 Å². The molecular formula is C34H38FN9O2. The van der Waals surface area contributed by atoms with Crippen LogP contribution in [0.5, 0.6) is 11.5 Å². The molecule has 46 heavy (non-hydrogen) atoms. The molecule has 238 valence electrons. The number of anilines is 1. The molecule has 2 aliphatic rings. The van der Waals surface area contributed by atoms with Crippen LogP contribution < -0.4 is 10.5 Å². The lowest BCUT2D eigenvalue weighted by molar-refractivity contribution is -0.127. The third-order valence-corrected chi connectivity index (χ3v) is 8.92. The van der Waals surface area contributed by atoms with Crippen molar-refractivity contribution in [2.45, 2.75) is 44.8 Å². The van der Waals surface area contributed by atoms with E-state index in [2.05, 4.69) is 32.9 Å². The summed E-state index contributed by atoms with van der Waals surface area (Å²) in [7, 11) is 2.10. The van der Waals surface area contributed by atoms with Gasteiger partial charge in [0.1, 0.15) is 46.8 Å². The number of rotatable bonds is 8. The fraction of sp³-hybridized carbons (Fsp3) is 0.382. The topological polar surface area (TPSA) is 129 Å². The zero-order chi connectivity index (χ0) is 32.4. The Hall–Kier alpha value is -4.86. The van der Waals surface area contributed by atoms with Crippen molar-refractivity contribution in [3.8, 4) is 28.8 Å². The second-order valence-corrected chi connectivity index (χ2v) is 12.5. The van der Waals surface area contributed by atoms with Crippen molar-refractivity contribution in [2.24, 2.45) is 0 Å². The summed E-state index contributed by atoms with van der Waals surface area (Å²) in [6, 6.07) is 15.7. The van der Waals surface area contributed by atoms with Gasteiger partial charge in [-0.15, -0.1) is 0 Å². The molecule has 2 aliphatic heterocycles. The molecule has 2 aromatic carbocycles. The van der Waals surface area contributed by atoms with E-state index >= 15 is 4.39 Å². The lowest BCUT2D eigenvalue weighted by atomic mass is 9.97. The lowest BCUT2D eigenvalue weighted by Gasteiger charge is -2.42. The molecule has 0 radical (unpaired) electrons. The molecule has 6 rings (SSSR count). The van der Waals surface area contributed by atoms with Crippen LogP contribution in [-0.2, 0) is 11.3 Å². The van der Waals surface area contributed by atoms with Gasteiger partial charge in [-0.05, 0) is 64.1 Å². The van der Waals surface area contributed by atoms with E-state index in [1.807, 2.05) is 32.0 Å². The quantitative estimate of drug-likeness (QED) is 0.223. The van der Waals surface area contributed by atoms with Gasteiger partial charge in [0, 0.05) is 49.9 Å². The maximum absolute atomic E-state index is 15.6. The van der Waals surface area contributed by atoms with E-state index in [-0.39, 0.29) is 28.9 Å². The van der Waals surface area contributed by atoms with Gasteiger partial charge >= 0.3 is 0 Å². The van der Waals surface area contributed by atoms with Crippen molar-refractivity contribution in [1.29, 1.82) is 5.26 Å². The number of hydrogen-bond donors (Lipinski definition) is 1. The molecule has 2 N–H and O–H groups in total. The number of nitrogens with zero attached hydrogens (tertiary/aromatic N) is 8. The first-order valence-corrected chi connectivity index (χ1v) is 15.5. The van der Waals surface area contributed by atoms with Crippen molar-refractivity contribution in [3.05, 3.63) is 72.3 Å². The number of amides is 1. The van der Waals surface area contributed by atoms with Gasteiger partial charge < -0.3 is 20.3 Å². The van der Waals surface area contributed by atoms with E-state index in [9.17, 15) is 10.1 Å². The number of nitrogen functional groups attached to an aromatic ring is 1. The number of carbonyl (C=O) groups excluding carboxylic acids is 1. The van der Waals surface area contributed by atoms with Crippen LogP contribution in [0.15, 0.2) is 66.5 Å². The summed E-state index contributed by atoms with van der Waals surface area (Å²) >= 11 is 0. The van der Waals surface area contributed by atoms with Crippen molar-refractivity contribution in [2.75, 3.05) is 45.5 Å². The molecule has 2 aromatic heterocycles. The van der Waals surface area contributed by atoms with Crippen LogP contribution in [-0.4, -0.2) is 91.7 Å². The second kappa shape index (κ2) is 12.9. The van der Waals surface area contributed by atoms with Crippen LogP contribution in [0.25, 0.3) is 22.3 Å². The van der Waals surface area contributed by atoms with E-state index in [4.69, 9.17) is 15.6 Å². The van der Waals surface area contributed by atoms with Crippen molar-refractivity contribution < 1.29 is 13.9 Å². The Kier molecular flexibility index (Phi) is 8.71. The van der Waals surface area contributed by atoms with Gasteiger partial charge in [-0.2, -0.15) is 10.4 Å². The lowest BCUT2D eigenvalue weighted by Crippen LogP contribution is -2.53. The fourth-order valence-electron chi connectivity index (χ4n) is 6.34. The molecule has 0 spiro atoms. The van der Waals surface area contributed by atoms with E-state index < -0.39 is 11.4 Å². The Morgan fingerprint density at radius 1 is 1.11 bits per heavy atom. The minimum Gasteiger partial charge on any atom is -0.457 e. The molecule has 11 nitrogen and oxygen atoms in total. The number of nitrogens with two attached hydrogens (primary N) is 1. The highest BCUT2D eigenvalue weighted by atomic mass is 19.1. The summed E-state index contributed by atoms with van der Waals surface area (Å²) in [5, 5.41) is 15.3. The summed E-state index contributed by atoms with van der Waals surface area (Å²) in [6.45, 7) is 8.52. The minimum atomic E-state index is -0.535. The van der Waals surface area contributed by atoms with Crippen molar-refractivity contribution in [1.82, 2.24) is 34.4 Å². The third kappa shape index (κ3) is 6.29. The Morgan fingerprint density at radius 3 is 2.59 bits per heavy atom. The molecule has 1 amide bonds. The molecule has 4 heterocycles. The molecule has 2 saturated heterocycles. The summed E-state index contributed by atoms with van der Waals surface area (Å²) in [5.74, 6) is 0.286. The number of likely N-dealkylation sites (N-methyl/N-ethyl adjacent to an activating group) is 1. The smallest absolute Gasteiger partial charge is 0.264 e. The van der Waals surface area contributed by atoms with Crippen molar-refractivity contribution in [3.63, 3.8) is 0 Å². The number of para-hydroxylation sites is 1. The van der Waals surface area contributed by atoms with E-state index in [0.29, 0.717) is 41.3 Å². The van der Waals surface area contributed by atoms with Crippen LogP contribution >= 0.6 is 0 Å². The Morgan fingerprint density at radius 2 is 1.87 bits per heavy atom. The largest absolute Gasteiger partial charge is 0.457 e. The number of hydrogen-bond acceptors (Lipinski definition) is 9. The van der Waals surface area contributed by atoms with E-state index in [1.54, 1.807) is 39.9 Å². The number of nitriles is 1. The molecule has 0 saturated carbocycles. The summed E-state index contributed by atoms with van der Waals surface area (Å²) in [6.07, 6.45) is 4.67. The van der Waals surface area contributed by atoms with E-state index in [0.717, 1.165) is 39.0 Å². The summed E-state index contributed by atoms with van der Waals surface area (Å²) < 4.78 is 23.1. The molecular weight excluding hydrogens is 585 g/mol. The van der Waals surface area contributed by atoms with Crippen LogP contribution in [0, 0.1) is 17.1 Å². The minimum absolute atomic E-state index is 0.133. The number of likely N-dealkylation sites (tertiary alicyclic amines) is 1. The molecule has 4 aromatic rings. The molecule has 1 atom stereocenters. The highest BCUT2D eigenvalue weighted by Gasteiger charge is 2.35. The first-order valence-electron chi connectivity index (χ1n) is 15.5. The van der Waals surface area contributed by atoms with Gasteiger partial charge in [0.15, 0.2) is 5.65 Å². The maximum atomic E-state index is 15.6. The molecule has 0 aliphatic carbocycles. The zero-order valence-corrected chi connectivity index (χ0v) is 26.4. The predicted octanol–water partition coefficient (Wildman–Crippen LogP) is 4.47. The Balaban J connectivity index is 1.26. The first-order chi connectivity index (χ1) is 22.1. The predicted molar refractivity (Wildman–Crippen MR) is 173 cm³/mol. The summed E-state index contributed by atoms with van der Waals surface area (Å²) in [4.78, 5) is 28.7. The number of piperazine rings is 1. The van der Waals surface area contributed by atoms with Crippen LogP contribution in [0.3, 0.4) is 0 Å². The number of aromatic nitrogens is 4. The average molecular weight is 624 g/mol. The summed E-state index contributed by atoms with van der Waals surface area (Å²) in [5.41, 5.74) is 6.95. The molecule has 12 heteroatoms. The fourth-order valence-corrected chi connectivity index (χ4v) is 6.34. The van der Waals surface area contributed by atoms with E-state index in [1.165, 1.54) is 12.4 Å². The van der Waals surface area contributed by atoms with Crippen LogP contribution in [0.4, 0.5) is 10.2 Å². The van der Waals surface area contributed by atoms with Gasteiger partial charge in [0.05, 0.1) is 18.0 Å². The normalized spacial score (nSPS) is 18.2. The number of carbonyl (C=O) groups is 1. The van der Waals surface area contributed by atoms with Gasteiger partial charge in [-0.3, -0.25) is 9.69 Å². The number of halogens is 1. The third-order valence-electron chi connectivity index (χ3n) is 8.92. The van der Waals surface area contributed by atoms with Gasteiger partial charge in [0.2, 0.25) is 0 Å². The maximum Gasteiger partial charge on any atom is 0.264 e.